The Morgan fingerprint density at radius 1 is 1.00 bits per heavy atom. The van der Waals surface area contributed by atoms with Gasteiger partial charge < -0.3 is 15.0 Å². The quantitative estimate of drug-likeness (QED) is 0.195. The van der Waals surface area contributed by atoms with Gasteiger partial charge >= 0.3 is 6.36 Å². The second-order valence-corrected chi connectivity index (χ2v) is 8.72. The molecule has 2 aromatic heterocycles. The number of anilines is 1. The monoisotopic (exact) mass is 527 g/mol. The van der Waals surface area contributed by atoms with Crippen molar-refractivity contribution in [2.24, 2.45) is 0 Å². The van der Waals surface area contributed by atoms with E-state index in [1.807, 2.05) is 30.5 Å². The maximum Gasteiger partial charge on any atom is 0.573 e. The minimum atomic E-state index is -4.80. The largest absolute Gasteiger partial charge is 0.573 e. The zero-order chi connectivity index (χ0) is 26.0. The van der Waals surface area contributed by atoms with Crippen molar-refractivity contribution in [1.29, 1.82) is 0 Å². The van der Waals surface area contributed by atoms with Crippen molar-refractivity contribution >= 4 is 34.3 Å². The van der Waals surface area contributed by atoms with E-state index in [-0.39, 0.29) is 5.75 Å². The van der Waals surface area contributed by atoms with E-state index in [0.29, 0.717) is 22.4 Å². The molecule has 0 aliphatic carbocycles. The fourth-order valence-corrected chi connectivity index (χ4v) is 4.44. The van der Waals surface area contributed by atoms with Crippen LogP contribution in [0.25, 0.3) is 28.0 Å². The van der Waals surface area contributed by atoms with Gasteiger partial charge in [0.25, 0.3) is 0 Å². The zero-order valence-electron chi connectivity index (χ0n) is 18.8. The first-order chi connectivity index (χ1) is 17.8. The average Bonchev–Trinajstić information content (AvgIpc) is 3.47. The molecule has 5 rings (SSSR count). The Morgan fingerprint density at radius 3 is 2.46 bits per heavy atom. The number of alkyl halides is 3. The molecular formula is C25H17F4N5O2S. The summed E-state index contributed by atoms with van der Waals surface area (Å²) in [4.78, 5) is 15.7. The number of amides is 1. The summed E-state index contributed by atoms with van der Waals surface area (Å²) in [6.07, 6.45) is -2.99. The highest BCUT2D eigenvalue weighted by Crippen LogP contribution is 2.32. The molecule has 37 heavy (non-hydrogen) atoms. The second-order valence-electron chi connectivity index (χ2n) is 7.77. The van der Waals surface area contributed by atoms with Gasteiger partial charge in [-0.1, -0.05) is 30.0 Å². The third-order valence-corrected chi connectivity index (χ3v) is 6.18. The molecule has 0 spiro atoms. The van der Waals surface area contributed by atoms with E-state index in [0.717, 1.165) is 40.4 Å². The smallest absolute Gasteiger partial charge is 0.406 e. The van der Waals surface area contributed by atoms with Crippen LogP contribution in [-0.2, 0) is 4.79 Å². The molecule has 0 aliphatic rings. The van der Waals surface area contributed by atoms with E-state index in [4.69, 9.17) is 0 Å². The molecule has 188 valence electrons. The summed E-state index contributed by atoms with van der Waals surface area (Å²) in [6, 6.07) is 18.3. The van der Waals surface area contributed by atoms with Gasteiger partial charge in [-0.2, -0.15) is 0 Å². The van der Waals surface area contributed by atoms with Crippen LogP contribution in [0.2, 0.25) is 0 Å². The lowest BCUT2D eigenvalue weighted by Gasteiger charge is -2.11. The van der Waals surface area contributed by atoms with Crippen molar-refractivity contribution in [2.75, 3.05) is 11.1 Å². The Morgan fingerprint density at radius 2 is 1.73 bits per heavy atom. The molecule has 0 aliphatic heterocycles. The minimum absolute atomic E-state index is 0.0615. The number of hydrogen-bond donors (Lipinski definition) is 2. The average molecular weight is 528 g/mol. The number of hydrogen-bond acceptors (Lipinski definition) is 5. The molecule has 5 aromatic rings. The standard InChI is InChI=1S/C25H17F4N5O2S/c26-15-5-9-17(10-6-15)34-23(20-13-30-21-4-2-1-3-19(20)21)32-33-24(34)37-14-22(35)31-16-7-11-18(12-8-16)36-25(27,28)29/h1-13,30H,14H2,(H,31,35). The lowest BCUT2D eigenvalue weighted by Crippen LogP contribution is -2.17. The van der Waals surface area contributed by atoms with E-state index in [9.17, 15) is 22.4 Å². The SMILES string of the molecule is O=C(CSc1nnc(-c2c[nH]c3ccccc23)n1-c1ccc(F)cc1)Nc1ccc(OC(F)(F)F)cc1. The van der Waals surface area contributed by atoms with Gasteiger partial charge in [0.1, 0.15) is 11.6 Å². The summed E-state index contributed by atoms with van der Waals surface area (Å²) in [6.45, 7) is 0. The highest BCUT2D eigenvalue weighted by Gasteiger charge is 2.31. The number of fused-ring (bicyclic) bond motifs is 1. The summed E-state index contributed by atoms with van der Waals surface area (Å²) in [5, 5.41) is 12.6. The molecule has 0 saturated heterocycles. The van der Waals surface area contributed by atoms with Crippen LogP contribution in [0.5, 0.6) is 5.75 Å². The maximum atomic E-state index is 13.6. The molecule has 7 nitrogen and oxygen atoms in total. The molecule has 0 unspecified atom stereocenters. The van der Waals surface area contributed by atoms with Crippen molar-refractivity contribution in [3.05, 3.63) is 84.8 Å². The lowest BCUT2D eigenvalue weighted by molar-refractivity contribution is -0.274. The molecule has 0 radical (unpaired) electrons. The Balaban J connectivity index is 1.37. The molecular weight excluding hydrogens is 510 g/mol. The predicted octanol–water partition coefficient (Wildman–Crippen LogP) is 6.18. The fraction of sp³-hybridized carbons (Fsp3) is 0.0800. The number of carbonyl (C=O) groups excluding carboxylic acids is 1. The number of ether oxygens (including phenoxy) is 1. The second kappa shape index (κ2) is 9.97. The van der Waals surface area contributed by atoms with Gasteiger partial charge in [0, 0.05) is 34.0 Å². The fourth-order valence-electron chi connectivity index (χ4n) is 3.68. The van der Waals surface area contributed by atoms with Crippen LogP contribution < -0.4 is 10.1 Å². The van der Waals surface area contributed by atoms with E-state index in [1.54, 1.807) is 16.7 Å². The van der Waals surface area contributed by atoms with Crippen LogP contribution in [0.1, 0.15) is 0 Å². The summed E-state index contributed by atoms with van der Waals surface area (Å²) in [7, 11) is 0. The van der Waals surface area contributed by atoms with Crippen LogP contribution in [0.3, 0.4) is 0 Å². The molecule has 2 N–H and O–H groups in total. The van der Waals surface area contributed by atoms with E-state index < -0.39 is 23.8 Å². The molecule has 0 atom stereocenters. The number of benzene rings is 3. The number of halogens is 4. The van der Waals surface area contributed by atoms with Crippen LogP contribution >= 0.6 is 11.8 Å². The number of aromatic nitrogens is 4. The molecule has 0 saturated carbocycles. The van der Waals surface area contributed by atoms with Gasteiger partial charge in [-0.3, -0.25) is 9.36 Å². The summed E-state index contributed by atoms with van der Waals surface area (Å²) < 4.78 is 56.2. The molecule has 0 fully saturated rings. The normalized spacial score (nSPS) is 11.6. The first-order valence-electron chi connectivity index (χ1n) is 10.8. The van der Waals surface area contributed by atoms with Gasteiger partial charge in [-0.05, 0) is 54.6 Å². The number of nitrogens with zero attached hydrogens (tertiary/aromatic N) is 3. The number of H-pyrrole nitrogens is 1. The Bertz CT molecular complexity index is 1550. The van der Waals surface area contributed by atoms with Crippen molar-refractivity contribution in [2.45, 2.75) is 11.5 Å². The first kappa shape index (κ1) is 24.4. The van der Waals surface area contributed by atoms with E-state index in [1.165, 1.54) is 24.3 Å². The number of aromatic amines is 1. The Kier molecular flexibility index (Phi) is 6.57. The first-order valence-corrected chi connectivity index (χ1v) is 11.8. The minimum Gasteiger partial charge on any atom is -0.406 e. The van der Waals surface area contributed by atoms with Crippen molar-refractivity contribution < 1.29 is 27.1 Å². The number of nitrogens with one attached hydrogen (secondary N) is 2. The molecule has 2 heterocycles. The van der Waals surface area contributed by atoms with Gasteiger partial charge in [0.15, 0.2) is 11.0 Å². The predicted molar refractivity (Wildman–Crippen MR) is 131 cm³/mol. The maximum absolute atomic E-state index is 13.6. The highest BCUT2D eigenvalue weighted by atomic mass is 32.2. The highest BCUT2D eigenvalue weighted by molar-refractivity contribution is 7.99. The van der Waals surface area contributed by atoms with Gasteiger partial charge in [-0.15, -0.1) is 23.4 Å². The topological polar surface area (TPSA) is 84.8 Å². The van der Waals surface area contributed by atoms with Gasteiger partial charge in [-0.25, -0.2) is 4.39 Å². The van der Waals surface area contributed by atoms with Crippen LogP contribution in [0.4, 0.5) is 23.2 Å². The molecule has 0 bridgehead atoms. The summed E-state index contributed by atoms with van der Waals surface area (Å²) in [5.74, 6) is -0.750. The van der Waals surface area contributed by atoms with Crippen LogP contribution in [-0.4, -0.2) is 37.8 Å². The molecule has 1 amide bonds. The Labute approximate surface area is 211 Å². The molecule has 3 aromatic carbocycles. The number of para-hydroxylation sites is 1. The number of carbonyl (C=O) groups is 1. The van der Waals surface area contributed by atoms with E-state index >= 15 is 0 Å². The van der Waals surface area contributed by atoms with Gasteiger partial charge in [0.05, 0.1) is 5.75 Å². The lowest BCUT2D eigenvalue weighted by atomic mass is 10.1. The van der Waals surface area contributed by atoms with Gasteiger partial charge in [0.2, 0.25) is 5.91 Å². The van der Waals surface area contributed by atoms with Crippen LogP contribution in [0.15, 0.2) is 84.1 Å². The van der Waals surface area contributed by atoms with Crippen molar-refractivity contribution in [1.82, 2.24) is 19.7 Å². The number of thioether (sulfide) groups is 1. The third-order valence-electron chi connectivity index (χ3n) is 5.25. The van der Waals surface area contributed by atoms with Crippen molar-refractivity contribution in [3.8, 4) is 22.8 Å². The van der Waals surface area contributed by atoms with E-state index in [2.05, 4.69) is 25.2 Å². The summed E-state index contributed by atoms with van der Waals surface area (Å²) >= 11 is 1.11. The molecule has 12 heteroatoms. The zero-order valence-corrected chi connectivity index (χ0v) is 19.6. The van der Waals surface area contributed by atoms with Crippen molar-refractivity contribution in [3.63, 3.8) is 0 Å². The number of rotatable bonds is 7. The summed E-state index contributed by atoms with van der Waals surface area (Å²) in [5.41, 5.74) is 2.60. The van der Waals surface area contributed by atoms with Crippen LogP contribution in [0, 0.1) is 5.82 Å². The Hall–Kier alpha value is -4.32. The third kappa shape index (κ3) is 5.59.